The molecule has 2 heterocycles. The highest BCUT2D eigenvalue weighted by Gasteiger charge is 2.18. The van der Waals surface area contributed by atoms with Crippen molar-refractivity contribution in [1.29, 1.82) is 0 Å². The van der Waals surface area contributed by atoms with Crippen molar-refractivity contribution in [1.82, 2.24) is 15.4 Å². The number of hydrogen-bond donors (Lipinski definition) is 2. The minimum atomic E-state index is -0.0331. The summed E-state index contributed by atoms with van der Waals surface area (Å²) in [5, 5.41) is 1.05. The van der Waals surface area contributed by atoms with Crippen LogP contribution < -0.4 is 11.3 Å². The van der Waals surface area contributed by atoms with E-state index in [4.69, 9.17) is 5.84 Å². The fraction of sp³-hybridized carbons (Fsp3) is 0.333. The van der Waals surface area contributed by atoms with E-state index in [2.05, 4.69) is 15.4 Å². The van der Waals surface area contributed by atoms with Gasteiger partial charge in [0.2, 0.25) is 0 Å². The number of aryl methyl sites for hydroxylation is 3. The fourth-order valence-corrected chi connectivity index (χ4v) is 2.80. The van der Waals surface area contributed by atoms with Gasteiger partial charge in [0.25, 0.3) is 0 Å². The van der Waals surface area contributed by atoms with Crippen molar-refractivity contribution < 1.29 is 0 Å². The monoisotopic (exact) mass is 248 g/mol. The van der Waals surface area contributed by atoms with Gasteiger partial charge in [-0.2, -0.15) is 0 Å². The lowest BCUT2D eigenvalue weighted by molar-refractivity contribution is 0.639. The molecule has 0 radical (unpaired) electrons. The molecule has 5 heteroatoms. The Bertz CT molecular complexity index is 504. The summed E-state index contributed by atoms with van der Waals surface area (Å²) >= 11 is 1.66. The molecule has 0 aliphatic rings. The van der Waals surface area contributed by atoms with Crippen LogP contribution in [0, 0.1) is 20.8 Å². The third-order valence-electron chi connectivity index (χ3n) is 2.64. The van der Waals surface area contributed by atoms with Crippen LogP contribution in [0.15, 0.2) is 18.3 Å². The topological polar surface area (TPSA) is 63.8 Å². The van der Waals surface area contributed by atoms with Crippen molar-refractivity contribution in [3.63, 3.8) is 0 Å². The molecule has 90 valence electrons. The first-order chi connectivity index (χ1) is 8.11. The third-order valence-corrected chi connectivity index (χ3v) is 3.77. The van der Waals surface area contributed by atoms with Gasteiger partial charge in [-0.1, -0.05) is 6.07 Å². The predicted octanol–water partition coefficient (Wildman–Crippen LogP) is 2.02. The van der Waals surface area contributed by atoms with Crippen molar-refractivity contribution in [2.24, 2.45) is 5.84 Å². The van der Waals surface area contributed by atoms with E-state index in [0.29, 0.717) is 0 Å². The molecule has 1 unspecified atom stereocenters. The van der Waals surface area contributed by atoms with Gasteiger partial charge in [0.15, 0.2) is 0 Å². The van der Waals surface area contributed by atoms with Crippen LogP contribution in [-0.2, 0) is 0 Å². The zero-order valence-corrected chi connectivity index (χ0v) is 11.0. The largest absolute Gasteiger partial charge is 0.271 e. The first-order valence-electron chi connectivity index (χ1n) is 5.44. The van der Waals surface area contributed by atoms with Gasteiger partial charge in [-0.25, -0.2) is 10.4 Å². The number of thiazole rings is 1. The second-order valence-corrected chi connectivity index (χ2v) is 5.25. The normalized spacial score (nSPS) is 12.7. The summed E-state index contributed by atoms with van der Waals surface area (Å²) in [6.45, 7) is 5.98. The van der Waals surface area contributed by atoms with Crippen LogP contribution >= 0.6 is 11.3 Å². The molecule has 0 aliphatic heterocycles. The van der Waals surface area contributed by atoms with Gasteiger partial charge in [-0.15, -0.1) is 11.3 Å². The molecule has 0 spiro atoms. The van der Waals surface area contributed by atoms with Gasteiger partial charge in [0.1, 0.15) is 0 Å². The second kappa shape index (κ2) is 4.91. The van der Waals surface area contributed by atoms with Crippen LogP contribution in [0.2, 0.25) is 0 Å². The molecule has 1 atom stereocenters. The predicted molar refractivity (Wildman–Crippen MR) is 69.7 cm³/mol. The third kappa shape index (κ3) is 2.52. The highest BCUT2D eigenvalue weighted by molar-refractivity contribution is 7.11. The first-order valence-corrected chi connectivity index (χ1v) is 6.26. The van der Waals surface area contributed by atoms with Crippen LogP contribution in [0.1, 0.15) is 32.9 Å². The summed E-state index contributed by atoms with van der Waals surface area (Å²) in [5.74, 6) is 5.65. The van der Waals surface area contributed by atoms with Crippen molar-refractivity contribution in [2.75, 3.05) is 0 Å². The molecular weight excluding hydrogens is 232 g/mol. The maximum Gasteiger partial charge on any atom is 0.0900 e. The van der Waals surface area contributed by atoms with Crippen LogP contribution in [0.4, 0.5) is 0 Å². The quantitative estimate of drug-likeness (QED) is 0.644. The fourth-order valence-electron chi connectivity index (χ4n) is 1.79. The van der Waals surface area contributed by atoms with Gasteiger partial charge in [0.05, 0.1) is 21.6 Å². The van der Waals surface area contributed by atoms with Crippen molar-refractivity contribution in [2.45, 2.75) is 26.8 Å². The standard InChI is InChI=1S/C12H16N4S/c1-7-4-5-10(6-14-7)11(16-13)12-8(2)15-9(3)17-12/h4-6,11,16H,13H2,1-3H3. The summed E-state index contributed by atoms with van der Waals surface area (Å²) < 4.78 is 0. The minimum absolute atomic E-state index is 0.0331. The van der Waals surface area contributed by atoms with E-state index < -0.39 is 0 Å². The molecule has 4 nitrogen and oxygen atoms in total. The van der Waals surface area contributed by atoms with Gasteiger partial charge < -0.3 is 0 Å². The van der Waals surface area contributed by atoms with Crippen LogP contribution in [0.25, 0.3) is 0 Å². The van der Waals surface area contributed by atoms with Crippen LogP contribution in [0.5, 0.6) is 0 Å². The Morgan fingerprint density at radius 2 is 2.06 bits per heavy atom. The number of nitrogens with zero attached hydrogens (tertiary/aromatic N) is 2. The lowest BCUT2D eigenvalue weighted by Crippen LogP contribution is -2.28. The average molecular weight is 248 g/mol. The summed E-state index contributed by atoms with van der Waals surface area (Å²) in [6, 6.07) is 4.00. The smallest absolute Gasteiger partial charge is 0.0900 e. The molecule has 2 aromatic heterocycles. The maximum absolute atomic E-state index is 5.65. The van der Waals surface area contributed by atoms with Crippen molar-refractivity contribution in [3.8, 4) is 0 Å². The van der Waals surface area contributed by atoms with E-state index in [9.17, 15) is 0 Å². The minimum Gasteiger partial charge on any atom is -0.271 e. The van der Waals surface area contributed by atoms with Gasteiger partial charge >= 0.3 is 0 Å². The van der Waals surface area contributed by atoms with Crippen LogP contribution in [0.3, 0.4) is 0 Å². The van der Waals surface area contributed by atoms with Crippen LogP contribution in [-0.4, -0.2) is 9.97 Å². The molecule has 0 aromatic carbocycles. The lowest BCUT2D eigenvalue weighted by Gasteiger charge is -2.15. The molecular formula is C12H16N4S. The number of nitrogens with one attached hydrogen (secondary N) is 1. The van der Waals surface area contributed by atoms with Gasteiger partial charge in [0, 0.05) is 11.9 Å². The number of pyridine rings is 1. The summed E-state index contributed by atoms with van der Waals surface area (Å²) in [6.07, 6.45) is 1.86. The van der Waals surface area contributed by atoms with Gasteiger partial charge in [-0.05, 0) is 32.4 Å². The number of aromatic nitrogens is 2. The second-order valence-electron chi connectivity index (χ2n) is 4.02. The Kier molecular flexibility index (Phi) is 3.51. The number of rotatable bonds is 3. The van der Waals surface area contributed by atoms with Gasteiger partial charge in [-0.3, -0.25) is 10.8 Å². The Balaban J connectivity index is 2.39. The SMILES string of the molecule is Cc1ccc(C(NN)c2sc(C)nc2C)cn1. The maximum atomic E-state index is 5.65. The molecule has 17 heavy (non-hydrogen) atoms. The summed E-state index contributed by atoms with van der Waals surface area (Å²) in [4.78, 5) is 9.87. The first kappa shape index (κ1) is 12.2. The highest BCUT2D eigenvalue weighted by atomic mass is 32.1. The van der Waals surface area contributed by atoms with E-state index in [1.54, 1.807) is 11.3 Å². The highest BCUT2D eigenvalue weighted by Crippen LogP contribution is 2.28. The average Bonchev–Trinajstić information content (AvgIpc) is 2.62. The van der Waals surface area contributed by atoms with E-state index >= 15 is 0 Å². The van der Waals surface area contributed by atoms with Crippen molar-refractivity contribution >= 4 is 11.3 Å². The molecule has 0 amide bonds. The molecule has 2 rings (SSSR count). The molecule has 0 aliphatic carbocycles. The van der Waals surface area contributed by atoms with Crippen molar-refractivity contribution in [3.05, 3.63) is 45.2 Å². The van der Waals surface area contributed by atoms with E-state index in [1.807, 2.05) is 39.1 Å². The number of hydrazine groups is 1. The van der Waals surface area contributed by atoms with E-state index in [0.717, 1.165) is 26.8 Å². The Morgan fingerprint density at radius 3 is 2.53 bits per heavy atom. The molecule has 0 saturated heterocycles. The summed E-state index contributed by atoms with van der Waals surface area (Å²) in [7, 11) is 0. The number of nitrogens with two attached hydrogens (primary N) is 1. The zero-order valence-electron chi connectivity index (χ0n) is 10.2. The molecule has 3 N–H and O–H groups in total. The molecule has 0 bridgehead atoms. The Morgan fingerprint density at radius 1 is 1.29 bits per heavy atom. The Labute approximate surface area is 105 Å². The van der Waals surface area contributed by atoms with E-state index in [1.165, 1.54) is 0 Å². The molecule has 0 fully saturated rings. The number of hydrogen-bond acceptors (Lipinski definition) is 5. The zero-order chi connectivity index (χ0) is 12.4. The molecule has 0 saturated carbocycles. The lowest BCUT2D eigenvalue weighted by atomic mass is 10.1. The molecule has 2 aromatic rings. The summed E-state index contributed by atoms with van der Waals surface area (Å²) in [5.41, 5.74) is 5.92. The Hall–Kier alpha value is -1.30. The van der Waals surface area contributed by atoms with E-state index in [-0.39, 0.29) is 6.04 Å².